The molecule has 0 amide bonds. The van der Waals surface area contributed by atoms with Crippen LogP contribution >= 0.6 is 7.82 Å². The van der Waals surface area contributed by atoms with Gasteiger partial charge in [0.1, 0.15) is 12.3 Å². The molecule has 1 saturated heterocycles. The van der Waals surface area contributed by atoms with Crippen molar-refractivity contribution in [1.29, 1.82) is 0 Å². The minimum Gasteiger partial charge on any atom is -0.390 e. The predicted molar refractivity (Wildman–Crippen MR) is 129 cm³/mol. The molecular formula is C23H40FN2O8P. The Bertz CT molecular complexity index is 908. The fraction of sp³-hybridized carbons (Fsp3) is 0.826. The Labute approximate surface area is 205 Å². The van der Waals surface area contributed by atoms with Crippen molar-refractivity contribution in [3.8, 4) is 0 Å². The topological polar surface area (TPSA) is 140 Å². The van der Waals surface area contributed by atoms with Crippen LogP contribution in [-0.2, 0) is 18.3 Å². The highest BCUT2D eigenvalue weighted by Crippen LogP contribution is 2.44. The van der Waals surface area contributed by atoms with E-state index in [1.54, 1.807) is 0 Å². The molecule has 4 atom stereocenters. The molecule has 2 rings (SSSR count). The number of phosphoric acid groups is 1. The Balaban J connectivity index is 1.57. The number of unbranched alkanes of at least 4 members (excludes halogenated alkanes) is 11. The van der Waals surface area contributed by atoms with Gasteiger partial charge >= 0.3 is 13.5 Å². The summed E-state index contributed by atoms with van der Waals surface area (Å²) in [6.07, 6.45) is 11.4. The number of nitrogens with one attached hydrogen (secondary N) is 1. The van der Waals surface area contributed by atoms with E-state index in [1.165, 1.54) is 51.4 Å². The monoisotopic (exact) mass is 522 g/mol. The van der Waals surface area contributed by atoms with Crippen LogP contribution in [0.25, 0.3) is 0 Å². The number of ether oxygens (including phenoxy) is 1. The van der Waals surface area contributed by atoms with Crippen molar-refractivity contribution in [3.05, 3.63) is 32.9 Å². The fourth-order valence-corrected chi connectivity index (χ4v) is 4.81. The van der Waals surface area contributed by atoms with Crippen LogP contribution in [0, 0.1) is 5.82 Å². The van der Waals surface area contributed by atoms with Crippen molar-refractivity contribution in [1.82, 2.24) is 9.55 Å². The second kappa shape index (κ2) is 15.7. The molecule has 0 aromatic carbocycles. The number of hydrogen-bond donors (Lipinski definition) is 3. The number of aromatic amines is 1. The van der Waals surface area contributed by atoms with E-state index in [-0.39, 0.29) is 13.0 Å². The molecule has 202 valence electrons. The van der Waals surface area contributed by atoms with Gasteiger partial charge in [-0.1, -0.05) is 77.6 Å². The van der Waals surface area contributed by atoms with Gasteiger partial charge in [-0.25, -0.2) is 9.36 Å². The van der Waals surface area contributed by atoms with Crippen LogP contribution in [0.1, 0.15) is 96.6 Å². The first-order chi connectivity index (χ1) is 16.7. The third-order valence-electron chi connectivity index (χ3n) is 6.09. The third kappa shape index (κ3) is 11.1. The highest BCUT2D eigenvalue weighted by Gasteiger charge is 2.37. The molecule has 0 bridgehead atoms. The molecule has 1 unspecified atom stereocenters. The second-order valence-corrected chi connectivity index (χ2v) is 10.5. The first-order valence-corrected chi connectivity index (χ1v) is 14.2. The highest BCUT2D eigenvalue weighted by molar-refractivity contribution is 7.47. The molecule has 35 heavy (non-hydrogen) atoms. The Morgan fingerprint density at radius 3 is 2.23 bits per heavy atom. The standard InChI is InChI=1S/C23H40FN2O8P/c1-2-3-4-5-6-7-8-9-10-11-12-13-14-32-35(30,31)33-17-20-19(27)15-21(34-20)26-16-18(24)22(28)25-23(26)29/h16,19-21,27H,2-15,17H2,1H3,(H,30,31)(H,25,28,29)/t19-,20+,21-/m0/s1. The number of H-pyrrole nitrogens is 1. The Hall–Kier alpha value is -1.36. The van der Waals surface area contributed by atoms with Crippen molar-refractivity contribution >= 4 is 7.82 Å². The van der Waals surface area contributed by atoms with Gasteiger partial charge in [-0.3, -0.25) is 23.4 Å². The van der Waals surface area contributed by atoms with E-state index in [1.807, 2.05) is 4.98 Å². The summed E-state index contributed by atoms with van der Waals surface area (Å²) in [4.78, 5) is 34.7. The SMILES string of the molecule is CCCCCCCCCCCCCCOP(=O)(O)OC[C@H]1O[C@H](n2cc(F)c(=O)[nH]c2=O)C[C@@H]1O. The molecule has 1 aliphatic heterocycles. The predicted octanol–water partition coefficient (Wildman–Crippen LogP) is 4.16. The van der Waals surface area contributed by atoms with E-state index < -0.39 is 49.9 Å². The third-order valence-corrected chi connectivity index (χ3v) is 7.08. The van der Waals surface area contributed by atoms with E-state index in [2.05, 4.69) is 6.92 Å². The lowest BCUT2D eigenvalue weighted by molar-refractivity contribution is -0.0468. The van der Waals surface area contributed by atoms with Gasteiger partial charge in [0.2, 0.25) is 5.82 Å². The average Bonchev–Trinajstić information content (AvgIpc) is 3.18. The van der Waals surface area contributed by atoms with Crippen molar-refractivity contribution in [2.75, 3.05) is 13.2 Å². The summed E-state index contributed by atoms with van der Waals surface area (Å²) in [6, 6.07) is 0. The van der Waals surface area contributed by atoms with E-state index in [0.717, 1.165) is 23.8 Å². The molecule has 1 fully saturated rings. The maximum Gasteiger partial charge on any atom is 0.472 e. The molecule has 0 spiro atoms. The van der Waals surface area contributed by atoms with Gasteiger partial charge in [0.25, 0.3) is 5.56 Å². The van der Waals surface area contributed by atoms with Crippen molar-refractivity contribution in [2.24, 2.45) is 0 Å². The maximum absolute atomic E-state index is 13.5. The summed E-state index contributed by atoms with van der Waals surface area (Å²) in [5.41, 5.74) is -2.05. The summed E-state index contributed by atoms with van der Waals surface area (Å²) in [7, 11) is -4.34. The molecule has 0 radical (unpaired) electrons. The zero-order valence-corrected chi connectivity index (χ0v) is 21.4. The molecule has 3 N–H and O–H groups in total. The number of halogens is 1. The summed E-state index contributed by atoms with van der Waals surface area (Å²) < 4.78 is 41.8. The van der Waals surface area contributed by atoms with Gasteiger partial charge in [0.15, 0.2) is 0 Å². The van der Waals surface area contributed by atoms with Crippen molar-refractivity contribution in [2.45, 2.75) is 109 Å². The molecule has 1 aromatic heterocycles. The lowest BCUT2D eigenvalue weighted by Crippen LogP contribution is -2.34. The molecule has 1 aliphatic rings. The van der Waals surface area contributed by atoms with Crippen LogP contribution in [-0.4, -0.2) is 45.0 Å². The number of nitrogens with zero attached hydrogens (tertiary/aromatic N) is 1. The lowest BCUT2D eigenvalue weighted by atomic mass is 10.1. The van der Waals surface area contributed by atoms with Gasteiger partial charge < -0.3 is 14.7 Å². The summed E-state index contributed by atoms with van der Waals surface area (Å²) in [6.45, 7) is 1.84. The zero-order valence-electron chi connectivity index (χ0n) is 20.5. The second-order valence-electron chi connectivity index (χ2n) is 9.06. The molecular weight excluding hydrogens is 482 g/mol. The van der Waals surface area contributed by atoms with Crippen LogP contribution in [0.15, 0.2) is 15.8 Å². The molecule has 0 aliphatic carbocycles. The Morgan fingerprint density at radius 1 is 1.06 bits per heavy atom. The van der Waals surface area contributed by atoms with Gasteiger partial charge in [0, 0.05) is 6.42 Å². The first-order valence-electron chi connectivity index (χ1n) is 12.7. The van der Waals surface area contributed by atoms with Gasteiger partial charge in [-0.15, -0.1) is 0 Å². The largest absolute Gasteiger partial charge is 0.472 e. The first kappa shape index (κ1) is 29.9. The van der Waals surface area contributed by atoms with Crippen LogP contribution in [0.5, 0.6) is 0 Å². The number of hydrogen-bond acceptors (Lipinski definition) is 7. The molecule has 1 aromatic rings. The van der Waals surface area contributed by atoms with Crippen LogP contribution in [0.2, 0.25) is 0 Å². The normalized spacial score (nSPS) is 21.9. The molecule has 2 heterocycles. The Morgan fingerprint density at radius 2 is 1.63 bits per heavy atom. The number of aromatic nitrogens is 2. The summed E-state index contributed by atoms with van der Waals surface area (Å²) in [5, 5.41) is 10.1. The molecule has 12 heteroatoms. The molecule has 0 saturated carbocycles. The van der Waals surface area contributed by atoms with Crippen LogP contribution in [0.3, 0.4) is 0 Å². The minimum absolute atomic E-state index is 0.0773. The van der Waals surface area contributed by atoms with Gasteiger partial charge in [-0.2, -0.15) is 4.39 Å². The van der Waals surface area contributed by atoms with Crippen molar-refractivity contribution < 1.29 is 32.7 Å². The van der Waals surface area contributed by atoms with Crippen LogP contribution < -0.4 is 11.2 Å². The number of phosphoric ester groups is 1. The van der Waals surface area contributed by atoms with Gasteiger partial charge in [-0.05, 0) is 6.42 Å². The minimum atomic E-state index is -4.34. The van der Waals surface area contributed by atoms with E-state index in [4.69, 9.17) is 13.8 Å². The number of aliphatic hydroxyl groups excluding tert-OH is 1. The number of aliphatic hydroxyl groups is 1. The fourth-order valence-electron chi connectivity index (χ4n) is 4.04. The average molecular weight is 523 g/mol. The van der Waals surface area contributed by atoms with Crippen LogP contribution in [0.4, 0.5) is 4.39 Å². The van der Waals surface area contributed by atoms with Gasteiger partial charge in [0.05, 0.1) is 25.5 Å². The van der Waals surface area contributed by atoms with E-state index in [0.29, 0.717) is 12.6 Å². The Kier molecular flexibility index (Phi) is 13.4. The van der Waals surface area contributed by atoms with E-state index in [9.17, 15) is 28.5 Å². The molecule has 10 nitrogen and oxygen atoms in total. The lowest BCUT2D eigenvalue weighted by Gasteiger charge is -2.18. The zero-order chi connectivity index (χ0) is 25.7. The number of rotatable bonds is 18. The summed E-state index contributed by atoms with van der Waals surface area (Å²) >= 11 is 0. The highest BCUT2D eigenvalue weighted by atomic mass is 31.2. The quantitative estimate of drug-likeness (QED) is 0.193. The maximum atomic E-state index is 13.5. The smallest absolute Gasteiger partial charge is 0.390 e. The van der Waals surface area contributed by atoms with E-state index >= 15 is 0 Å². The summed E-state index contributed by atoms with van der Waals surface area (Å²) in [5.74, 6) is -1.17. The van der Waals surface area contributed by atoms with Crippen molar-refractivity contribution in [3.63, 3.8) is 0 Å².